The lowest BCUT2D eigenvalue weighted by atomic mass is 10.0. The summed E-state index contributed by atoms with van der Waals surface area (Å²) in [6.07, 6.45) is 2.30. The summed E-state index contributed by atoms with van der Waals surface area (Å²) in [6, 6.07) is 7.19. The van der Waals surface area contributed by atoms with Crippen LogP contribution in [0.25, 0.3) is 0 Å². The van der Waals surface area contributed by atoms with Gasteiger partial charge in [-0.05, 0) is 37.0 Å². The van der Waals surface area contributed by atoms with E-state index in [0.29, 0.717) is 10.9 Å². The van der Waals surface area contributed by atoms with E-state index in [0.717, 1.165) is 25.2 Å². The van der Waals surface area contributed by atoms with Crippen LogP contribution in [0.15, 0.2) is 24.3 Å². The zero-order chi connectivity index (χ0) is 12.3. The van der Waals surface area contributed by atoms with Crippen molar-refractivity contribution in [3.05, 3.63) is 29.3 Å². The molecule has 1 aromatic rings. The topological polar surface area (TPSA) is 32.3 Å². The van der Waals surface area contributed by atoms with Crippen molar-refractivity contribution in [3.8, 4) is 0 Å². The molecule has 92 valence electrons. The van der Waals surface area contributed by atoms with E-state index in [4.69, 9.17) is 11.6 Å². The van der Waals surface area contributed by atoms with Crippen LogP contribution < -0.4 is 5.32 Å². The van der Waals surface area contributed by atoms with Gasteiger partial charge in [0.15, 0.2) is 0 Å². The van der Waals surface area contributed by atoms with Crippen LogP contribution in [0.2, 0.25) is 5.02 Å². The molecule has 0 aliphatic carbocycles. The standard InChI is InChI=1S/C13H17ClN2O/c1-10-4-3-7-16(9-10)13(17)15-12-6-2-5-11(14)8-12/h2,5-6,8,10H,3-4,7,9H2,1H3,(H,15,17)/t10-/m1/s1. The number of likely N-dealkylation sites (tertiary alicyclic amines) is 1. The minimum atomic E-state index is -0.0289. The van der Waals surface area contributed by atoms with Gasteiger partial charge in [0.2, 0.25) is 0 Å². The van der Waals surface area contributed by atoms with Crippen molar-refractivity contribution in [2.75, 3.05) is 18.4 Å². The Labute approximate surface area is 107 Å². The molecular weight excluding hydrogens is 236 g/mol. The number of rotatable bonds is 1. The van der Waals surface area contributed by atoms with E-state index in [1.807, 2.05) is 17.0 Å². The predicted molar refractivity (Wildman–Crippen MR) is 70.4 cm³/mol. The molecule has 0 saturated carbocycles. The van der Waals surface area contributed by atoms with Crippen molar-refractivity contribution >= 4 is 23.3 Å². The highest BCUT2D eigenvalue weighted by atomic mass is 35.5. The largest absolute Gasteiger partial charge is 0.324 e. The van der Waals surface area contributed by atoms with E-state index in [1.54, 1.807) is 12.1 Å². The van der Waals surface area contributed by atoms with Crippen molar-refractivity contribution in [1.82, 2.24) is 4.90 Å². The fourth-order valence-corrected chi connectivity index (χ4v) is 2.33. The summed E-state index contributed by atoms with van der Waals surface area (Å²) in [4.78, 5) is 13.9. The molecule has 2 amide bonds. The van der Waals surface area contributed by atoms with Crippen molar-refractivity contribution in [3.63, 3.8) is 0 Å². The van der Waals surface area contributed by atoms with Crippen molar-refractivity contribution in [1.29, 1.82) is 0 Å². The second kappa shape index (κ2) is 5.41. The minimum absolute atomic E-state index is 0.0289. The van der Waals surface area contributed by atoms with Crippen molar-refractivity contribution in [2.45, 2.75) is 19.8 Å². The van der Waals surface area contributed by atoms with Crippen LogP contribution in [0, 0.1) is 5.92 Å². The van der Waals surface area contributed by atoms with Crippen LogP contribution in [-0.2, 0) is 0 Å². The Hall–Kier alpha value is -1.22. The minimum Gasteiger partial charge on any atom is -0.324 e. The van der Waals surface area contributed by atoms with Gasteiger partial charge in [0.1, 0.15) is 0 Å². The molecule has 0 bridgehead atoms. The van der Waals surface area contributed by atoms with Crippen LogP contribution in [-0.4, -0.2) is 24.0 Å². The van der Waals surface area contributed by atoms with Crippen LogP contribution in [0.5, 0.6) is 0 Å². The van der Waals surface area contributed by atoms with E-state index < -0.39 is 0 Å². The zero-order valence-corrected chi connectivity index (χ0v) is 10.7. The first-order valence-corrected chi connectivity index (χ1v) is 6.34. The second-order valence-electron chi connectivity index (χ2n) is 4.63. The van der Waals surface area contributed by atoms with E-state index in [9.17, 15) is 4.79 Å². The number of urea groups is 1. The van der Waals surface area contributed by atoms with Gasteiger partial charge in [-0.15, -0.1) is 0 Å². The number of hydrogen-bond donors (Lipinski definition) is 1. The summed E-state index contributed by atoms with van der Waals surface area (Å²) in [5.74, 6) is 0.592. The third kappa shape index (κ3) is 3.37. The zero-order valence-electron chi connectivity index (χ0n) is 9.95. The predicted octanol–water partition coefficient (Wildman–Crippen LogP) is 3.60. The molecule has 17 heavy (non-hydrogen) atoms. The van der Waals surface area contributed by atoms with Crippen LogP contribution >= 0.6 is 11.6 Å². The molecule has 3 nitrogen and oxygen atoms in total. The van der Waals surface area contributed by atoms with E-state index in [-0.39, 0.29) is 6.03 Å². The molecule has 0 unspecified atom stereocenters. The van der Waals surface area contributed by atoms with Gasteiger partial charge < -0.3 is 10.2 Å². The summed E-state index contributed by atoms with van der Waals surface area (Å²) < 4.78 is 0. The highest BCUT2D eigenvalue weighted by Crippen LogP contribution is 2.18. The lowest BCUT2D eigenvalue weighted by Crippen LogP contribution is -2.41. The molecule has 1 fully saturated rings. The number of nitrogens with zero attached hydrogens (tertiary/aromatic N) is 1. The first-order chi connectivity index (χ1) is 8.15. The molecule has 0 radical (unpaired) electrons. The molecule has 1 heterocycles. The lowest BCUT2D eigenvalue weighted by molar-refractivity contribution is 0.182. The smallest absolute Gasteiger partial charge is 0.321 e. The number of nitrogens with one attached hydrogen (secondary N) is 1. The highest BCUT2D eigenvalue weighted by Gasteiger charge is 2.20. The highest BCUT2D eigenvalue weighted by molar-refractivity contribution is 6.30. The van der Waals surface area contributed by atoms with Gasteiger partial charge in [0, 0.05) is 23.8 Å². The van der Waals surface area contributed by atoms with Crippen LogP contribution in [0.1, 0.15) is 19.8 Å². The van der Waals surface area contributed by atoms with E-state index >= 15 is 0 Å². The third-order valence-electron chi connectivity index (χ3n) is 3.02. The Morgan fingerprint density at radius 2 is 2.35 bits per heavy atom. The Balaban J connectivity index is 1.96. The lowest BCUT2D eigenvalue weighted by Gasteiger charge is -2.30. The first-order valence-electron chi connectivity index (χ1n) is 5.96. The first kappa shape index (κ1) is 12.2. The van der Waals surface area contributed by atoms with Crippen molar-refractivity contribution in [2.24, 2.45) is 5.92 Å². The maximum absolute atomic E-state index is 12.0. The molecule has 2 rings (SSSR count). The van der Waals surface area contributed by atoms with E-state index in [1.165, 1.54) is 6.42 Å². The summed E-state index contributed by atoms with van der Waals surface area (Å²) in [6.45, 7) is 3.86. The van der Waals surface area contributed by atoms with Gasteiger partial charge in [-0.25, -0.2) is 4.79 Å². The second-order valence-corrected chi connectivity index (χ2v) is 5.07. The normalized spacial score (nSPS) is 20.1. The molecule has 4 heteroatoms. The Morgan fingerprint density at radius 1 is 1.53 bits per heavy atom. The summed E-state index contributed by atoms with van der Waals surface area (Å²) >= 11 is 5.87. The fraction of sp³-hybridized carbons (Fsp3) is 0.462. The Kier molecular flexibility index (Phi) is 3.89. The maximum atomic E-state index is 12.0. The quantitative estimate of drug-likeness (QED) is 0.814. The van der Waals surface area contributed by atoms with E-state index in [2.05, 4.69) is 12.2 Å². The number of anilines is 1. The third-order valence-corrected chi connectivity index (χ3v) is 3.26. The molecule has 1 N–H and O–H groups in total. The molecule has 1 aromatic carbocycles. The number of piperidine rings is 1. The Morgan fingerprint density at radius 3 is 3.06 bits per heavy atom. The number of carbonyl (C=O) groups is 1. The number of carbonyl (C=O) groups excluding carboxylic acids is 1. The van der Waals surface area contributed by atoms with Crippen LogP contribution in [0.3, 0.4) is 0 Å². The van der Waals surface area contributed by atoms with Gasteiger partial charge in [0.25, 0.3) is 0 Å². The fourth-order valence-electron chi connectivity index (χ4n) is 2.14. The summed E-state index contributed by atoms with van der Waals surface area (Å²) in [7, 11) is 0. The van der Waals surface area contributed by atoms with Crippen LogP contribution in [0.4, 0.5) is 10.5 Å². The van der Waals surface area contributed by atoms with Gasteiger partial charge in [0.05, 0.1) is 0 Å². The molecule has 0 spiro atoms. The maximum Gasteiger partial charge on any atom is 0.321 e. The monoisotopic (exact) mass is 252 g/mol. The summed E-state index contributed by atoms with van der Waals surface area (Å²) in [5.41, 5.74) is 0.751. The molecule has 1 atom stereocenters. The molecule has 1 aliphatic heterocycles. The molecular formula is C13H17ClN2O. The average Bonchev–Trinajstić information content (AvgIpc) is 2.29. The molecule has 1 saturated heterocycles. The molecule has 0 aromatic heterocycles. The van der Waals surface area contributed by atoms with Gasteiger partial charge >= 0.3 is 6.03 Å². The number of benzene rings is 1. The number of halogens is 1. The average molecular weight is 253 g/mol. The molecule has 1 aliphatic rings. The number of amides is 2. The SMILES string of the molecule is C[C@@H]1CCCN(C(=O)Nc2cccc(Cl)c2)C1. The van der Waals surface area contributed by atoms with Crippen molar-refractivity contribution < 1.29 is 4.79 Å². The number of hydrogen-bond acceptors (Lipinski definition) is 1. The van der Waals surface area contributed by atoms with Gasteiger partial charge in [-0.1, -0.05) is 24.6 Å². The van der Waals surface area contributed by atoms with Gasteiger partial charge in [-0.3, -0.25) is 0 Å². The Bertz CT molecular complexity index is 408. The van der Waals surface area contributed by atoms with Gasteiger partial charge in [-0.2, -0.15) is 0 Å². The summed E-state index contributed by atoms with van der Waals surface area (Å²) in [5, 5.41) is 3.51.